The summed E-state index contributed by atoms with van der Waals surface area (Å²) in [5.74, 6) is 1.39. The molecular weight excluding hydrogens is 231 g/mol. The smallest absolute Gasteiger partial charge is 0.150 e. The van der Waals surface area contributed by atoms with E-state index in [0.717, 1.165) is 25.2 Å². The molecule has 0 radical (unpaired) electrons. The number of carbonyl (C=O) groups excluding carboxylic acids is 1. The zero-order chi connectivity index (χ0) is 13.1. The van der Waals surface area contributed by atoms with Gasteiger partial charge in [-0.2, -0.15) is 0 Å². The van der Waals surface area contributed by atoms with Crippen LogP contribution in [0.15, 0.2) is 18.2 Å². The summed E-state index contributed by atoms with van der Waals surface area (Å²) >= 11 is 0. The maximum absolute atomic E-state index is 13.3. The molecule has 1 aliphatic carbocycles. The molecular formula is C15H19FO2. The molecule has 0 amide bonds. The van der Waals surface area contributed by atoms with Crippen LogP contribution in [0.1, 0.15) is 43.5 Å². The summed E-state index contributed by atoms with van der Waals surface area (Å²) in [5.41, 5.74) is 0.322. The van der Waals surface area contributed by atoms with Gasteiger partial charge in [0.05, 0.1) is 6.10 Å². The van der Waals surface area contributed by atoms with Gasteiger partial charge in [0.15, 0.2) is 0 Å². The first-order valence-corrected chi connectivity index (χ1v) is 6.51. The fourth-order valence-corrected chi connectivity index (χ4v) is 2.52. The van der Waals surface area contributed by atoms with Gasteiger partial charge in [0.2, 0.25) is 0 Å². The molecule has 1 aromatic rings. The molecule has 0 aliphatic heterocycles. The summed E-state index contributed by atoms with van der Waals surface area (Å²) in [6.07, 6.45) is 3.91. The number of benzene rings is 1. The second-order valence-corrected chi connectivity index (χ2v) is 5.35. The Morgan fingerprint density at radius 2 is 2.00 bits per heavy atom. The highest BCUT2D eigenvalue weighted by Crippen LogP contribution is 2.32. The summed E-state index contributed by atoms with van der Waals surface area (Å²) in [7, 11) is 0. The third-order valence-corrected chi connectivity index (χ3v) is 3.88. The van der Waals surface area contributed by atoms with Crippen molar-refractivity contribution < 1.29 is 13.9 Å². The number of rotatable bonds is 3. The van der Waals surface area contributed by atoms with Crippen molar-refractivity contribution in [3.05, 3.63) is 29.6 Å². The summed E-state index contributed by atoms with van der Waals surface area (Å²) in [6, 6.07) is 4.15. The van der Waals surface area contributed by atoms with Crippen molar-refractivity contribution in [3.8, 4) is 5.75 Å². The Kier molecular flexibility index (Phi) is 4.00. The van der Waals surface area contributed by atoms with E-state index < -0.39 is 5.82 Å². The van der Waals surface area contributed by atoms with Crippen LogP contribution >= 0.6 is 0 Å². The second-order valence-electron chi connectivity index (χ2n) is 5.35. The number of aldehydes is 1. The van der Waals surface area contributed by atoms with Gasteiger partial charge < -0.3 is 4.74 Å². The molecule has 1 saturated carbocycles. The highest BCUT2D eigenvalue weighted by Gasteiger charge is 2.25. The molecule has 0 heterocycles. The van der Waals surface area contributed by atoms with Gasteiger partial charge in [-0.25, -0.2) is 4.39 Å². The van der Waals surface area contributed by atoms with Gasteiger partial charge >= 0.3 is 0 Å². The first-order valence-electron chi connectivity index (χ1n) is 6.51. The topological polar surface area (TPSA) is 26.3 Å². The van der Waals surface area contributed by atoms with Crippen LogP contribution < -0.4 is 4.74 Å². The zero-order valence-electron chi connectivity index (χ0n) is 10.9. The van der Waals surface area contributed by atoms with Crippen molar-refractivity contribution in [3.63, 3.8) is 0 Å². The molecule has 1 aliphatic rings. The number of hydrogen-bond acceptors (Lipinski definition) is 2. The minimum absolute atomic E-state index is 0.137. The highest BCUT2D eigenvalue weighted by molar-refractivity contribution is 5.75. The summed E-state index contributed by atoms with van der Waals surface area (Å²) in [4.78, 5) is 10.7. The van der Waals surface area contributed by atoms with E-state index >= 15 is 0 Å². The Bertz CT molecular complexity index is 431. The Morgan fingerprint density at radius 3 is 2.67 bits per heavy atom. The Labute approximate surface area is 107 Å². The van der Waals surface area contributed by atoms with Gasteiger partial charge in [0.1, 0.15) is 17.9 Å². The molecule has 1 fully saturated rings. The third-order valence-electron chi connectivity index (χ3n) is 3.88. The second kappa shape index (κ2) is 5.51. The van der Waals surface area contributed by atoms with Crippen LogP contribution in [0, 0.1) is 17.7 Å². The van der Waals surface area contributed by atoms with Gasteiger partial charge in [-0.1, -0.05) is 13.8 Å². The molecule has 0 N–H and O–H groups in total. The largest absolute Gasteiger partial charge is 0.490 e. The molecule has 2 nitrogen and oxygen atoms in total. The lowest BCUT2D eigenvalue weighted by Crippen LogP contribution is -2.28. The highest BCUT2D eigenvalue weighted by atomic mass is 19.1. The molecule has 2 rings (SSSR count). The first kappa shape index (κ1) is 13.1. The van der Waals surface area contributed by atoms with E-state index in [0.29, 0.717) is 23.5 Å². The van der Waals surface area contributed by atoms with E-state index in [2.05, 4.69) is 13.8 Å². The molecule has 18 heavy (non-hydrogen) atoms. The van der Waals surface area contributed by atoms with Crippen molar-refractivity contribution in [2.75, 3.05) is 0 Å². The van der Waals surface area contributed by atoms with Crippen LogP contribution in [0.2, 0.25) is 0 Å². The minimum Gasteiger partial charge on any atom is -0.490 e. The van der Waals surface area contributed by atoms with Gasteiger partial charge in [-0.05, 0) is 43.2 Å². The van der Waals surface area contributed by atoms with Crippen LogP contribution in [0.3, 0.4) is 0 Å². The molecule has 1 aromatic carbocycles. The van der Waals surface area contributed by atoms with E-state index in [9.17, 15) is 9.18 Å². The number of halogens is 1. The lowest BCUT2D eigenvalue weighted by Gasteiger charge is -2.32. The standard InChI is InChI=1S/C15H19FO2/c1-10-3-4-14(5-11(10)2)18-15-7-12(9-17)6-13(16)8-15/h6-11,14H,3-5H2,1-2H3. The fraction of sp³-hybridized carbons (Fsp3) is 0.533. The molecule has 3 heteroatoms. The lowest BCUT2D eigenvalue weighted by molar-refractivity contribution is 0.0998. The monoisotopic (exact) mass is 250 g/mol. The van der Waals surface area contributed by atoms with E-state index in [-0.39, 0.29) is 6.10 Å². The van der Waals surface area contributed by atoms with Crippen LogP contribution in [-0.4, -0.2) is 12.4 Å². The molecule has 0 saturated heterocycles. The van der Waals surface area contributed by atoms with E-state index in [4.69, 9.17) is 4.74 Å². The Morgan fingerprint density at radius 1 is 1.22 bits per heavy atom. The van der Waals surface area contributed by atoms with Crippen LogP contribution in [0.5, 0.6) is 5.75 Å². The molecule has 0 spiro atoms. The SMILES string of the molecule is CC1CCC(Oc2cc(F)cc(C=O)c2)CC1C. The number of hydrogen-bond donors (Lipinski definition) is 0. The molecule has 0 bridgehead atoms. The maximum atomic E-state index is 13.3. The maximum Gasteiger partial charge on any atom is 0.150 e. The van der Waals surface area contributed by atoms with Crippen molar-refractivity contribution >= 4 is 6.29 Å². The van der Waals surface area contributed by atoms with Crippen molar-refractivity contribution in [2.24, 2.45) is 11.8 Å². The predicted octanol–water partition coefficient (Wildman–Crippen LogP) is 3.84. The van der Waals surface area contributed by atoms with E-state index in [1.165, 1.54) is 12.1 Å². The third kappa shape index (κ3) is 3.09. The zero-order valence-corrected chi connectivity index (χ0v) is 10.9. The first-order chi connectivity index (χ1) is 8.58. The normalized spacial score (nSPS) is 27.8. The van der Waals surface area contributed by atoms with Gasteiger partial charge in [0, 0.05) is 11.6 Å². The van der Waals surface area contributed by atoms with Crippen molar-refractivity contribution in [1.82, 2.24) is 0 Å². The number of ether oxygens (including phenoxy) is 1. The number of carbonyl (C=O) groups is 1. The quantitative estimate of drug-likeness (QED) is 0.762. The molecule has 3 unspecified atom stereocenters. The Hall–Kier alpha value is -1.38. The van der Waals surface area contributed by atoms with Crippen molar-refractivity contribution in [1.29, 1.82) is 0 Å². The predicted molar refractivity (Wildman–Crippen MR) is 68.4 cm³/mol. The van der Waals surface area contributed by atoms with Gasteiger partial charge in [-0.15, -0.1) is 0 Å². The summed E-state index contributed by atoms with van der Waals surface area (Å²) in [6.45, 7) is 4.48. The summed E-state index contributed by atoms with van der Waals surface area (Å²) < 4.78 is 19.1. The average molecular weight is 250 g/mol. The molecule has 98 valence electrons. The van der Waals surface area contributed by atoms with Gasteiger partial charge in [-0.3, -0.25) is 4.79 Å². The molecule has 0 aromatic heterocycles. The van der Waals surface area contributed by atoms with Crippen molar-refractivity contribution in [2.45, 2.75) is 39.2 Å². The van der Waals surface area contributed by atoms with Gasteiger partial charge in [0.25, 0.3) is 0 Å². The van der Waals surface area contributed by atoms with E-state index in [1.54, 1.807) is 6.07 Å². The summed E-state index contributed by atoms with van der Waals surface area (Å²) in [5, 5.41) is 0. The average Bonchev–Trinajstić information content (AvgIpc) is 2.33. The van der Waals surface area contributed by atoms with Crippen LogP contribution in [0.25, 0.3) is 0 Å². The molecule has 3 atom stereocenters. The Balaban J connectivity index is 2.05. The lowest BCUT2D eigenvalue weighted by atomic mass is 9.80. The van der Waals surface area contributed by atoms with E-state index in [1.807, 2.05) is 0 Å². The fourth-order valence-electron chi connectivity index (χ4n) is 2.52. The van der Waals surface area contributed by atoms with Crippen LogP contribution in [0.4, 0.5) is 4.39 Å². The minimum atomic E-state index is -0.424. The van der Waals surface area contributed by atoms with Crippen LogP contribution in [-0.2, 0) is 0 Å².